The van der Waals surface area contributed by atoms with Gasteiger partial charge in [-0.1, -0.05) is 20.8 Å². The summed E-state index contributed by atoms with van der Waals surface area (Å²) in [5.41, 5.74) is 0.385. The lowest BCUT2D eigenvalue weighted by atomic mass is 10.2. The number of hydrogen-bond donors (Lipinski definition) is 2. The molecule has 1 amide bonds. The Hall–Kier alpha value is -1.26. The Morgan fingerprint density at radius 3 is 2.60 bits per heavy atom. The van der Waals surface area contributed by atoms with Crippen LogP contribution in [0.3, 0.4) is 0 Å². The van der Waals surface area contributed by atoms with Crippen LogP contribution in [0.2, 0.25) is 0 Å². The van der Waals surface area contributed by atoms with Crippen molar-refractivity contribution in [2.45, 2.75) is 59.0 Å². The fraction of sp³-hybridized carbons (Fsp3) is 0.867. The van der Waals surface area contributed by atoms with Gasteiger partial charge in [0.1, 0.15) is 0 Å². The van der Waals surface area contributed by atoms with Crippen LogP contribution in [0.25, 0.3) is 0 Å². The zero-order valence-corrected chi connectivity index (χ0v) is 13.2. The van der Waals surface area contributed by atoms with Crippen molar-refractivity contribution in [2.75, 3.05) is 19.6 Å². The maximum Gasteiger partial charge on any atom is 0.222 e. The molecule has 0 aromatic heterocycles. The summed E-state index contributed by atoms with van der Waals surface area (Å²) in [6, 6.07) is 0.847. The first-order valence-corrected chi connectivity index (χ1v) is 7.81. The first-order valence-electron chi connectivity index (χ1n) is 7.81. The first kappa shape index (κ1) is 15.1. The van der Waals surface area contributed by atoms with Gasteiger partial charge in [0.15, 0.2) is 5.96 Å². The Kier molecular flexibility index (Phi) is 4.55. The molecule has 2 unspecified atom stereocenters. The average molecular weight is 280 g/mol. The number of hydrogen-bond acceptors (Lipinski definition) is 2. The molecule has 1 heterocycles. The number of rotatable bonds is 4. The fourth-order valence-electron chi connectivity index (χ4n) is 2.69. The van der Waals surface area contributed by atoms with E-state index in [1.165, 1.54) is 6.42 Å². The molecule has 1 saturated carbocycles. The molecule has 2 rings (SSSR count). The van der Waals surface area contributed by atoms with Crippen molar-refractivity contribution >= 4 is 11.9 Å². The van der Waals surface area contributed by atoms with E-state index < -0.39 is 0 Å². The number of carbonyl (C=O) groups is 1. The van der Waals surface area contributed by atoms with E-state index in [0.717, 1.165) is 32.0 Å². The predicted molar refractivity (Wildman–Crippen MR) is 81.7 cm³/mol. The molecule has 1 aliphatic heterocycles. The van der Waals surface area contributed by atoms with Crippen LogP contribution < -0.4 is 10.6 Å². The summed E-state index contributed by atoms with van der Waals surface area (Å²) < 4.78 is 0. The van der Waals surface area contributed by atoms with E-state index in [1.54, 1.807) is 0 Å². The highest BCUT2D eigenvalue weighted by Crippen LogP contribution is 2.44. The Labute approximate surface area is 122 Å². The lowest BCUT2D eigenvalue weighted by Crippen LogP contribution is -2.46. The largest absolute Gasteiger partial charge is 0.353 e. The number of nitrogens with one attached hydrogen (secondary N) is 2. The van der Waals surface area contributed by atoms with Crippen molar-refractivity contribution < 1.29 is 4.79 Å². The van der Waals surface area contributed by atoms with E-state index in [2.05, 4.69) is 29.5 Å². The fourth-order valence-corrected chi connectivity index (χ4v) is 2.69. The van der Waals surface area contributed by atoms with Crippen LogP contribution in [0.4, 0.5) is 0 Å². The van der Waals surface area contributed by atoms with Crippen molar-refractivity contribution in [2.24, 2.45) is 10.4 Å². The molecule has 20 heavy (non-hydrogen) atoms. The molecule has 0 aromatic rings. The number of nitrogens with zero attached hydrogens (tertiary/aromatic N) is 2. The van der Waals surface area contributed by atoms with Gasteiger partial charge >= 0.3 is 0 Å². The van der Waals surface area contributed by atoms with E-state index in [9.17, 15) is 4.79 Å². The number of carbonyl (C=O) groups excluding carboxylic acids is 1. The summed E-state index contributed by atoms with van der Waals surface area (Å²) in [6.45, 7) is 10.9. The molecule has 5 heteroatoms. The highest BCUT2D eigenvalue weighted by molar-refractivity contribution is 5.81. The van der Waals surface area contributed by atoms with Crippen molar-refractivity contribution in [3.05, 3.63) is 0 Å². The van der Waals surface area contributed by atoms with Gasteiger partial charge in [0.2, 0.25) is 5.91 Å². The van der Waals surface area contributed by atoms with Crippen molar-refractivity contribution in [1.29, 1.82) is 0 Å². The summed E-state index contributed by atoms with van der Waals surface area (Å²) in [7, 11) is 0. The molecule has 2 fully saturated rings. The zero-order valence-electron chi connectivity index (χ0n) is 13.2. The SMILES string of the molecule is CCN=C(NC1CCN(C(=O)CC)C1)NC1CC1(C)C. The van der Waals surface area contributed by atoms with Gasteiger partial charge in [0, 0.05) is 38.1 Å². The van der Waals surface area contributed by atoms with E-state index in [1.807, 2.05) is 18.7 Å². The van der Waals surface area contributed by atoms with Crippen molar-refractivity contribution in [3.8, 4) is 0 Å². The summed E-state index contributed by atoms with van der Waals surface area (Å²) >= 11 is 0. The minimum atomic E-state index is 0.250. The normalized spacial score (nSPS) is 28.4. The van der Waals surface area contributed by atoms with E-state index >= 15 is 0 Å². The summed E-state index contributed by atoms with van der Waals surface area (Å²) in [5.74, 6) is 1.15. The molecule has 2 aliphatic rings. The third-order valence-corrected chi connectivity index (χ3v) is 4.32. The Bertz CT molecular complexity index is 391. The topological polar surface area (TPSA) is 56.7 Å². The van der Waals surface area contributed by atoms with Crippen LogP contribution >= 0.6 is 0 Å². The maximum absolute atomic E-state index is 11.7. The maximum atomic E-state index is 11.7. The smallest absolute Gasteiger partial charge is 0.222 e. The number of guanidine groups is 1. The number of amides is 1. The van der Waals surface area contributed by atoms with Gasteiger partial charge < -0.3 is 15.5 Å². The molecule has 1 saturated heterocycles. The summed E-state index contributed by atoms with van der Waals surface area (Å²) in [6.07, 6.45) is 2.80. The molecule has 114 valence electrons. The minimum Gasteiger partial charge on any atom is -0.353 e. The summed E-state index contributed by atoms with van der Waals surface area (Å²) in [4.78, 5) is 18.2. The molecule has 0 bridgehead atoms. The second-order valence-electron chi connectivity index (χ2n) is 6.54. The van der Waals surface area contributed by atoms with Gasteiger partial charge in [-0.05, 0) is 25.2 Å². The van der Waals surface area contributed by atoms with Gasteiger partial charge in [-0.2, -0.15) is 0 Å². The van der Waals surface area contributed by atoms with Gasteiger partial charge in [-0.3, -0.25) is 9.79 Å². The number of likely N-dealkylation sites (tertiary alicyclic amines) is 1. The van der Waals surface area contributed by atoms with Gasteiger partial charge in [0.05, 0.1) is 0 Å². The van der Waals surface area contributed by atoms with Gasteiger partial charge in [-0.25, -0.2) is 0 Å². The highest BCUT2D eigenvalue weighted by Gasteiger charge is 2.46. The second kappa shape index (κ2) is 6.02. The minimum absolute atomic E-state index is 0.250. The molecule has 0 aromatic carbocycles. The van der Waals surface area contributed by atoms with Crippen molar-refractivity contribution in [3.63, 3.8) is 0 Å². The molecule has 5 nitrogen and oxygen atoms in total. The molecule has 1 aliphatic carbocycles. The Morgan fingerprint density at radius 1 is 1.35 bits per heavy atom. The molecule has 0 radical (unpaired) electrons. The van der Waals surface area contributed by atoms with Crippen LogP contribution in [-0.4, -0.2) is 48.5 Å². The molecular formula is C15H28N4O. The lowest BCUT2D eigenvalue weighted by molar-refractivity contribution is -0.129. The third kappa shape index (κ3) is 3.64. The lowest BCUT2D eigenvalue weighted by Gasteiger charge is -2.19. The van der Waals surface area contributed by atoms with E-state index in [4.69, 9.17) is 0 Å². The van der Waals surface area contributed by atoms with Crippen LogP contribution in [0, 0.1) is 5.41 Å². The molecular weight excluding hydrogens is 252 g/mol. The van der Waals surface area contributed by atoms with Gasteiger partial charge in [-0.15, -0.1) is 0 Å². The van der Waals surface area contributed by atoms with Crippen LogP contribution in [-0.2, 0) is 4.79 Å². The van der Waals surface area contributed by atoms with Crippen LogP contribution in [0.1, 0.15) is 47.0 Å². The predicted octanol–water partition coefficient (Wildman–Crippen LogP) is 1.35. The quantitative estimate of drug-likeness (QED) is 0.604. The average Bonchev–Trinajstić information content (AvgIpc) is 2.80. The highest BCUT2D eigenvalue weighted by atomic mass is 16.2. The summed E-state index contributed by atoms with van der Waals surface area (Å²) in [5, 5.41) is 6.98. The van der Waals surface area contributed by atoms with Crippen LogP contribution in [0.5, 0.6) is 0 Å². The zero-order chi connectivity index (χ0) is 14.8. The van der Waals surface area contributed by atoms with E-state index in [-0.39, 0.29) is 5.91 Å². The third-order valence-electron chi connectivity index (χ3n) is 4.32. The first-order chi connectivity index (χ1) is 9.46. The second-order valence-corrected chi connectivity index (χ2v) is 6.54. The standard InChI is InChI=1S/C15H28N4O/c1-5-13(20)19-8-7-11(10-19)17-14(16-6-2)18-12-9-15(12,3)4/h11-12H,5-10H2,1-4H3,(H2,16,17,18). The molecule has 2 atom stereocenters. The molecule has 2 N–H and O–H groups in total. The van der Waals surface area contributed by atoms with Crippen molar-refractivity contribution in [1.82, 2.24) is 15.5 Å². The number of aliphatic imine (C=N–C) groups is 1. The van der Waals surface area contributed by atoms with E-state index in [0.29, 0.717) is 23.9 Å². The van der Waals surface area contributed by atoms with Gasteiger partial charge in [0.25, 0.3) is 0 Å². The Balaban J connectivity index is 1.84. The monoisotopic (exact) mass is 280 g/mol. The Morgan fingerprint density at radius 2 is 2.05 bits per heavy atom. The molecule has 0 spiro atoms. The van der Waals surface area contributed by atoms with Crippen LogP contribution in [0.15, 0.2) is 4.99 Å².